The molecule has 1 aliphatic heterocycles. The molecule has 2 rings (SSSR count). The largest absolute Gasteiger partial charge is 0.320 e. The number of carbonyl (C=O) groups excluding carboxylic acids is 1. The number of nitrogens with zero attached hydrogens (tertiary/aromatic N) is 1. The SMILES string of the molecule is CCC1(C)NC(c2ccsc2)N(CCS(C)=O)C1=O. The fourth-order valence-electron chi connectivity index (χ4n) is 2.28. The first-order chi connectivity index (χ1) is 8.98. The molecule has 1 N–H and O–H groups in total. The van der Waals surface area contributed by atoms with Gasteiger partial charge in [-0.1, -0.05) is 6.92 Å². The highest BCUT2D eigenvalue weighted by Gasteiger charge is 2.46. The topological polar surface area (TPSA) is 49.4 Å². The predicted octanol–water partition coefficient (Wildman–Crippen LogP) is 1.73. The van der Waals surface area contributed by atoms with E-state index in [1.165, 1.54) is 0 Å². The minimum Gasteiger partial charge on any atom is -0.320 e. The zero-order chi connectivity index (χ0) is 14.0. The van der Waals surface area contributed by atoms with E-state index in [1.807, 2.05) is 30.2 Å². The van der Waals surface area contributed by atoms with Crippen LogP contribution in [-0.4, -0.2) is 39.1 Å². The van der Waals surface area contributed by atoms with Crippen molar-refractivity contribution in [2.45, 2.75) is 32.0 Å². The van der Waals surface area contributed by atoms with Crippen molar-refractivity contribution < 1.29 is 9.00 Å². The van der Waals surface area contributed by atoms with E-state index < -0.39 is 16.3 Å². The lowest BCUT2D eigenvalue weighted by Gasteiger charge is -2.23. The van der Waals surface area contributed by atoms with Gasteiger partial charge in [0.2, 0.25) is 5.91 Å². The lowest BCUT2D eigenvalue weighted by Crippen LogP contribution is -2.43. The summed E-state index contributed by atoms with van der Waals surface area (Å²) in [5.41, 5.74) is 0.597. The van der Waals surface area contributed by atoms with E-state index in [-0.39, 0.29) is 12.1 Å². The van der Waals surface area contributed by atoms with Crippen molar-refractivity contribution in [3.63, 3.8) is 0 Å². The summed E-state index contributed by atoms with van der Waals surface area (Å²) >= 11 is 1.62. The Morgan fingerprint density at radius 2 is 2.32 bits per heavy atom. The molecule has 0 spiro atoms. The zero-order valence-electron chi connectivity index (χ0n) is 11.5. The van der Waals surface area contributed by atoms with Crippen molar-refractivity contribution in [1.82, 2.24) is 10.2 Å². The molecule has 3 atom stereocenters. The van der Waals surface area contributed by atoms with E-state index >= 15 is 0 Å². The summed E-state index contributed by atoms with van der Waals surface area (Å²) in [5.74, 6) is 0.630. The van der Waals surface area contributed by atoms with Crippen LogP contribution in [0.15, 0.2) is 16.8 Å². The van der Waals surface area contributed by atoms with Crippen molar-refractivity contribution in [2.24, 2.45) is 0 Å². The van der Waals surface area contributed by atoms with Crippen molar-refractivity contribution in [2.75, 3.05) is 18.6 Å². The summed E-state index contributed by atoms with van der Waals surface area (Å²) in [6.07, 6.45) is 2.33. The Kier molecular flexibility index (Phi) is 4.43. The molecule has 0 saturated carbocycles. The minimum atomic E-state index is -0.884. The highest BCUT2D eigenvalue weighted by molar-refractivity contribution is 7.84. The van der Waals surface area contributed by atoms with E-state index in [1.54, 1.807) is 17.6 Å². The van der Waals surface area contributed by atoms with Crippen molar-refractivity contribution >= 4 is 28.0 Å². The Bertz CT molecular complexity index is 475. The quantitative estimate of drug-likeness (QED) is 0.901. The molecule has 1 saturated heterocycles. The van der Waals surface area contributed by atoms with Crippen LogP contribution in [0.3, 0.4) is 0 Å². The van der Waals surface area contributed by atoms with E-state index in [2.05, 4.69) is 10.7 Å². The van der Waals surface area contributed by atoms with Crippen LogP contribution in [0.25, 0.3) is 0 Å². The van der Waals surface area contributed by atoms with Crippen LogP contribution < -0.4 is 5.32 Å². The summed E-state index contributed by atoms with van der Waals surface area (Å²) in [6, 6.07) is 2.03. The van der Waals surface area contributed by atoms with Crippen molar-refractivity contribution in [3.05, 3.63) is 22.4 Å². The van der Waals surface area contributed by atoms with E-state index in [0.717, 1.165) is 12.0 Å². The molecule has 0 bridgehead atoms. The molecular weight excluding hydrogens is 280 g/mol. The highest BCUT2D eigenvalue weighted by atomic mass is 32.2. The van der Waals surface area contributed by atoms with Gasteiger partial charge in [0.25, 0.3) is 0 Å². The fourth-order valence-corrected chi connectivity index (χ4v) is 3.41. The molecule has 1 aromatic rings. The monoisotopic (exact) mass is 300 g/mol. The maximum Gasteiger partial charge on any atom is 0.244 e. The zero-order valence-corrected chi connectivity index (χ0v) is 13.1. The third kappa shape index (κ3) is 2.90. The summed E-state index contributed by atoms with van der Waals surface area (Å²) < 4.78 is 11.3. The van der Waals surface area contributed by atoms with Gasteiger partial charge in [-0.3, -0.25) is 14.3 Å². The summed E-state index contributed by atoms with van der Waals surface area (Å²) in [4.78, 5) is 14.4. The number of hydrogen-bond acceptors (Lipinski definition) is 4. The molecule has 0 aromatic carbocycles. The third-order valence-electron chi connectivity index (χ3n) is 3.69. The van der Waals surface area contributed by atoms with Gasteiger partial charge in [0, 0.05) is 29.4 Å². The van der Waals surface area contributed by atoms with Crippen LogP contribution in [0.1, 0.15) is 32.0 Å². The molecule has 3 unspecified atom stereocenters. The Balaban J connectivity index is 2.24. The van der Waals surface area contributed by atoms with Crippen LogP contribution in [-0.2, 0) is 15.6 Å². The van der Waals surface area contributed by atoms with Gasteiger partial charge in [-0.15, -0.1) is 0 Å². The molecule has 106 valence electrons. The normalized spacial score (nSPS) is 28.9. The number of rotatable bonds is 5. The smallest absolute Gasteiger partial charge is 0.244 e. The van der Waals surface area contributed by atoms with Gasteiger partial charge in [-0.05, 0) is 35.7 Å². The molecule has 1 aliphatic rings. The first-order valence-corrected chi connectivity index (χ1v) is 9.06. The van der Waals surface area contributed by atoms with E-state index in [0.29, 0.717) is 12.3 Å². The van der Waals surface area contributed by atoms with Gasteiger partial charge >= 0.3 is 0 Å². The fraction of sp³-hybridized carbons (Fsp3) is 0.615. The number of hydrogen-bond donors (Lipinski definition) is 1. The van der Waals surface area contributed by atoms with Gasteiger partial charge in [0.05, 0.1) is 5.54 Å². The van der Waals surface area contributed by atoms with Crippen LogP contribution >= 0.6 is 11.3 Å². The lowest BCUT2D eigenvalue weighted by molar-refractivity contribution is -0.132. The first kappa shape index (κ1) is 14.7. The summed E-state index contributed by atoms with van der Waals surface area (Å²) in [5, 5.41) is 7.50. The number of nitrogens with one attached hydrogen (secondary N) is 1. The Hall–Kier alpha value is -0.720. The van der Waals surface area contributed by atoms with Gasteiger partial charge in [0.1, 0.15) is 6.17 Å². The summed E-state index contributed by atoms with van der Waals surface area (Å²) in [7, 11) is -0.884. The van der Waals surface area contributed by atoms with Gasteiger partial charge < -0.3 is 4.90 Å². The second kappa shape index (κ2) is 5.73. The number of carbonyl (C=O) groups is 1. The second-order valence-electron chi connectivity index (χ2n) is 5.07. The van der Waals surface area contributed by atoms with E-state index in [4.69, 9.17) is 0 Å². The minimum absolute atomic E-state index is 0.0905. The van der Waals surface area contributed by atoms with Gasteiger partial charge in [-0.25, -0.2) is 0 Å². The molecular formula is C13H20N2O2S2. The predicted molar refractivity (Wildman–Crippen MR) is 79.5 cm³/mol. The molecule has 6 heteroatoms. The van der Waals surface area contributed by atoms with Crippen LogP contribution in [0.5, 0.6) is 0 Å². The number of amides is 1. The molecule has 4 nitrogen and oxygen atoms in total. The van der Waals surface area contributed by atoms with Crippen LogP contribution in [0, 0.1) is 0 Å². The van der Waals surface area contributed by atoms with Crippen molar-refractivity contribution in [1.29, 1.82) is 0 Å². The van der Waals surface area contributed by atoms with Crippen LogP contribution in [0.4, 0.5) is 0 Å². The number of thiophene rings is 1. The Morgan fingerprint density at radius 3 is 2.84 bits per heavy atom. The Morgan fingerprint density at radius 1 is 1.58 bits per heavy atom. The molecule has 1 fully saturated rings. The Labute approximate surface area is 120 Å². The third-order valence-corrected chi connectivity index (χ3v) is 5.14. The molecule has 1 aromatic heterocycles. The first-order valence-electron chi connectivity index (χ1n) is 6.39. The van der Waals surface area contributed by atoms with Gasteiger partial charge in [-0.2, -0.15) is 11.3 Å². The maximum absolute atomic E-state index is 12.5. The summed E-state index contributed by atoms with van der Waals surface area (Å²) in [6.45, 7) is 4.49. The molecule has 1 amide bonds. The highest BCUT2D eigenvalue weighted by Crippen LogP contribution is 2.33. The molecule has 0 radical (unpaired) electrons. The molecule has 0 aliphatic carbocycles. The average Bonchev–Trinajstić information content (AvgIpc) is 2.96. The van der Waals surface area contributed by atoms with Gasteiger partial charge in [0.15, 0.2) is 0 Å². The van der Waals surface area contributed by atoms with E-state index in [9.17, 15) is 9.00 Å². The molecule has 19 heavy (non-hydrogen) atoms. The second-order valence-corrected chi connectivity index (χ2v) is 7.40. The maximum atomic E-state index is 12.5. The lowest BCUT2D eigenvalue weighted by atomic mass is 9.99. The van der Waals surface area contributed by atoms with Crippen molar-refractivity contribution in [3.8, 4) is 0 Å². The standard InChI is InChI=1S/C13H20N2O2S2/c1-4-13(2)12(16)15(6-8-19(3)17)11(14-13)10-5-7-18-9-10/h5,7,9,11,14H,4,6,8H2,1-3H3. The average molecular weight is 300 g/mol. The molecule has 2 heterocycles. The van der Waals surface area contributed by atoms with Crippen LogP contribution in [0.2, 0.25) is 0 Å².